The van der Waals surface area contributed by atoms with E-state index in [9.17, 15) is 13.5 Å². The lowest BCUT2D eigenvalue weighted by molar-refractivity contribution is 0.151. The topological polar surface area (TPSA) is 117 Å². The van der Waals surface area contributed by atoms with Gasteiger partial charge in [0, 0.05) is 39.8 Å². The molecule has 12 heteroatoms. The number of benzene rings is 1. The molecule has 0 unspecified atom stereocenters. The van der Waals surface area contributed by atoms with Gasteiger partial charge in [0.05, 0.1) is 29.4 Å². The Hall–Kier alpha value is -2.38. The molecule has 2 N–H and O–H groups in total. The maximum atomic E-state index is 13.6. The van der Waals surface area contributed by atoms with Gasteiger partial charge in [-0.3, -0.25) is 9.58 Å². The number of ether oxygens (including phenoxy) is 1. The predicted octanol–water partition coefficient (Wildman–Crippen LogP) is 2.98. The van der Waals surface area contributed by atoms with E-state index in [1.54, 1.807) is 22.9 Å². The summed E-state index contributed by atoms with van der Waals surface area (Å²) < 4.78 is 37.0. The SMILES string of the molecule is CCCc1nn(C)c2c(=S)[nH]c(-c3cc(S(=O)(=O)N4CCN(CCO)CC4)ccc3OCC(C)C)nc12. The molecule has 0 saturated carbocycles. The number of hydrogen-bond acceptors (Lipinski definition) is 8. The van der Waals surface area contributed by atoms with Gasteiger partial charge in [-0.1, -0.05) is 39.4 Å². The minimum absolute atomic E-state index is 0.0591. The van der Waals surface area contributed by atoms with Crippen LogP contribution in [0.3, 0.4) is 0 Å². The Bertz CT molecular complexity index is 1410. The number of aliphatic hydroxyl groups excluding tert-OH is 1. The van der Waals surface area contributed by atoms with Crippen LogP contribution in [0.4, 0.5) is 0 Å². The summed E-state index contributed by atoms with van der Waals surface area (Å²) in [5, 5.41) is 13.8. The lowest BCUT2D eigenvalue weighted by Crippen LogP contribution is -2.49. The van der Waals surface area contributed by atoms with E-state index in [1.807, 2.05) is 7.05 Å². The van der Waals surface area contributed by atoms with Crippen molar-refractivity contribution < 1.29 is 18.3 Å². The summed E-state index contributed by atoms with van der Waals surface area (Å²) in [5.74, 6) is 1.28. The van der Waals surface area contributed by atoms with Gasteiger partial charge in [0.15, 0.2) is 0 Å². The van der Waals surface area contributed by atoms with Crippen LogP contribution in [-0.2, 0) is 23.5 Å². The number of nitrogens with one attached hydrogen (secondary N) is 1. The number of nitrogens with zero attached hydrogens (tertiary/aromatic N) is 5. The van der Waals surface area contributed by atoms with Crippen molar-refractivity contribution in [2.24, 2.45) is 13.0 Å². The highest BCUT2D eigenvalue weighted by Gasteiger charge is 2.29. The highest BCUT2D eigenvalue weighted by atomic mass is 32.2. The molecule has 0 radical (unpaired) electrons. The molecule has 202 valence electrons. The van der Waals surface area contributed by atoms with Crippen molar-refractivity contribution in [3.05, 3.63) is 28.5 Å². The maximum Gasteiger partial charge on any atom is 0.243 e. The fourth-order valence-corrected chi connectivity index (χ4v) is 6.27. The number of hydrogen-bond donors (Lipinski definition) is 2. The smallest absolute Gasteiger partial charge is 0.243 e. The van der Waals surface area contributed by atoms with Crippen LogP contribution >= 0.6 is 12.2 Å². The van der Waals surface area contributed by atoms with Crippen molar-refractivity contribution in [1.29, 1.82) is 0 Å². The molecule has 1 aliphatic heterocycles. The molecule has 1 aromatic carbocycles. The Morgan fingerprint density at radius 2 is 1.95 bits per heavy atom. The number of fused-ring (bicyclic) bond motifs is 1. The van der Waals surface area contributed by atoms with E-state index in [4.69, 9.17) is 21.9 Å². The first kappa shape index (κ1) is 27.6. The Labute approximate surface area is 223 Å². The maximum absolute atomic E-state index is 13.6. The van der Waals surface area contributed by atoms with Gasteiger partial charge in [-0.05, 0) is 30.5 Å². The van der Waals surface area contributed by atoms with Gasteiger partial charge in [-0.2, -0.15) is 9.40 Å². The van der Waals surface area contributed by atoms with Crippen LogP contribution in [-0.4, -0.2) is 88.4 Å². The van der Waals surface area contributed by atoms with Gasteiger partial charge in [0.1, 0.15) is 27.2 Å². The van der Waals surface area contributed by atoms with Crippen LogP contribution in [0.5, 0.6) is 5.75 Å². The van der Waals surface area contributed by atoms with E-state index >= 15 is 0 Å². The fraction of sp³-hybridized carbons (Fsp3) is 0.560. The second-order valence-electron chi connectivity index (χ2n) is 9.76. The van der Waals surface area contributed by atoms with E-state index in [2.05, 4.69) is 35.8 Å². The highest BCUT2D eigenvalue weighted by Crippen LogP contribution is 2.33. The van der Waals surface area contributed by atoms with Gasteiger partial charge in [-0.15, -0.1) is 0 Å². The number of β-amino-alcohol motifs (C(OH)–C–C–N with tert-alkyl or cyclic N) is 1. The van der Waals surface area contributed by atoms with Crippen molar-refractivity contribution in [1.82, 2.24) is 29.0 Å². The Morgan fingerprint density at radius 3 is 2.59 bits per heavy atom. The zero-order valence-corrected chi connectivity index (χ0v) is 23.5. The number of rotatable bonds is 10. The molecule has 3 heterocycles. The minimum atomic E-state index is -3.74. The molecular weight excluding hydrogens is 512 g/mol. The molecule has 1 aliphatic rings. The number of aromatic nitrogens is 4. The molecule has 0 bridgehead atoms. The predicted molar refractivity (Wildman–Crippen MR) is 146 cm³/mol. The van der Waals surface area contributed by atoms with Crippen LogP contribution < -0.4 is 4.74 Å². The van der Waals surface area contributed by atoms with Gasteiger partial charge >= 0.3 is 0 Å². The average Bonchev–Trinajstić information content (AvgIpc) is 3.18. The van der Waals surface area contributed by atoms with Crippen LogP contribution in [0, 0.1) is 10.6 Å². The molecule has 3 aromatic rings. The quantitative estimate of drug-likeness (QED) is 0.372. The number of H-pyrrole nitrogens is 1. The molecule has 2 aromatic heterocycles. The Morgan fingerprint density at radius 1 is 1.22 bits per heavy atom. The normalized spacial score (nSPS) is 15.6. The van der Waals surface area contributed by atoms with Crippen LogP contribution in [0.25, 0.3) is 22.4 Å². The number of aliphatic hydroxyl groups is 1. The first-order chi connectivity index (χ1) is 17.6. The highest BCUT2D eigenvalue weighted by molar-refractivity contribution is 7.89. The third kappa shape index (κ3) is 5.88. The zero-order valence-electron chi connectivity index (χ0n) is 21.9. The Kier molecular flexibility index (Phi) is 8.64. The lowest BCUT2D eigenvalue weighted by atomic mass is 10.1. The summed E-state index contributed by atoms with van der Waals surface area (Å²) in [4.78, 5) is 10.3. The molecular formula is C25H36N6O4S2. The van der Waals surface area contributed by atoms with Gasteiger partial charge in [-0.25, -0.2) is 13.4 Å². The largest absolute Gasteiger partial charge is 0.493 e. The van der Waals surface area contributed by atoms with E-state index in [0.717, 1.165) is 24.1 Å². The fourth-order valence-electron chi connectivity index (χ4n) is 4.50. The van der Waals surface area contributed by atoms with Crippen LogP contribution in [0.15, 0.2) is 23.1 Å². The molecule has 1 fully saturated rings. The van der Waals surface area contributed by atoms with Crippen molar-refractivity contribution in [3.8, 4) is 17.1 Å². The van der Waals surface area contributed by atoms with Crippen molar-refractivity contribution in [3.63, 3.8) is 0 Å². The monoisotopic (exact) mass is 548 g/mol. The second kappa shape index (κ2) is 11.6. The first-order valence-corrected chi connectivity index (χ1v) is 14.6. The van der Waals surface area contributed by atoms with E-state index < -0.39 is 10.0 Å². The first-order valence-electron chi connectivity index (χ1n) is 12.7. The average molecular weight is 549 g/mol. The van der Waals surface area contributed by atoms with Gasteiger partial charge < -0.3 is 14.8 Å². The summed E-state index contributed by atoms with van der Waals surface area (Å²) >= 11 is 5.67. The lowest BCUT2D eigenvalue weighted by Gasteiger charge is -2.33. The molecule has 1 saturated heterocycles. The standard InChI is InChI=1S/C25H36N6O4S2/c1-5-6-20-22-23(29(4)28-20)25(36)27-24(26-22)19-15-18(7-8-21(19)35-16-17(2)3)37(33,34)31-11-9-30(10-12-31)13-14-32/h7-8,15,17,32H,5-6,9-14,16H2,1-4H3,(H,26,27,36). The molecule has 0 aliphatic carbocycles. The number of sulfonamides is 1. The summed E-state index contributed by atoms with van der Waals surface area (Å²) in [6.45, 7) is 9.16. The van der Waals surface area contributed by atoms with Gasteiger partial charge in [0.25, 0.3) is 0 Å². The van der Waals surface area contributed by atoms with Crippen LogP contribution in [0.2, 0.25) is 0 Å². The van der Waals surface area contributed by atoms with Crippen molar-refractivity contribution in [2.75, 3.05) is 45.9 Å². The van der Waals surface area contributed by atoms with E-state index in [0.29, 0.717) is 66.6 Å². The molecule has 0 amide bonds. The summed E-state index contributed by atoms with van der Waals surface area (Å²) in [6.07, 6.45) is 1.67. The third-order valence-corrected chi connectivity index (χ3v) is 8.60. The van der Waals surface area contributed by atoms with Crippen molar-refractivity contribution >= 4 is 33.3 Å². The minimum Gasteiger partial charge on any atom is -0.493 e. The molecule has 4 rings (SSSR count). The molecule has 10 nitrogen and oxygen atoms in total. The molecule has 0 atom stereocenters. The van der Waals surface area contributed by atoms with E-state index in [-0.39, 0.29) is 17.4 Å². The van der Waals surface area contributed by atoms with Gasteiger partial charge in [0.2, 0.25) is 10.0 Å². The summed E-state index contributed by atoms with van der Waals surface area (Å²) in [5.41, 5.74) is 2.86. The molecule has 0 spiro atoms. The molecule has 37 heavy (non-hydrogen) atoms. The summed E-state index contributed by atoms with van der Waals surface area (Å²) in [6, 6.07) is 4.92. The Balaban J connectivity index is 1.79. The summed E-state index contributed by atoms with van der Waals surface area (Å²) in [7, 11) is -1.90. The second-order valence-corrected chi connectivity index (χ2v) is 12.1. The number of piperazine rings is 1. The number of aromatic amines is 1. The van der Waals surface area contributed by atoms with E-state index in [1.165, 1.54) is 4.31 Å². The zero-order chi connectivity index (χ0) is 26.7. The third-order valence-electron chi connectivity index (χ3n) is 6.41. The van der Waals surface area contributed by atoms with Crippen LogP contribution in [0.1, 0.15) is 32.9 Å². The van der Waals surface area contributed by atoms with Crippen molar-refractivity contribution in [2.45, 2.75) is 38.5 Å². The number of aryl methyl sites for hydroxylation is 2.